The summed E-state index contributed by atoms with van der Waals surface area (Å²) in [6, 6.07) is 3.96. The van der Waals surface area contributed by atoms with E-state index in [0.29, 0.717) is 12.8 Å². The number of benzene rings is 1. The lowest BCUT2D eigenvalue weighted by atomic mass is 10.1. The number of carbonyl (C=O) groups is 2. The lowest BCUT2D eigenvalue weighted by molar-refractivity contribution is -0.139. The van der Waals surface area contributed by atoms with E-state index in [1.165, 1.54) is 12.1 Å². The van der Waals surface area contributed by atoms with E-state index in [9.17, 15) is 14.0 Å². The first kappa shape index (κ1) is 15.9. The van der Waals surface area contributed by atoms with Crippen LogP contribution in [0.2, 0.25) is 0 Å². The van der Waals surface area contributed by atoms with E-state index < -0.39 is 18.0 Å². The van der Waals surface area contributed by atoms with Crippen molar-refractivity contribution in [2.45, 2.75) is 38.8 Å². The molecular formula is C14H19FN2O3. The number of urea groups is 1. The molecule has 110 valence electrons. The second-order valence-corrected chi connectivity index (χ2v) is 4.57. The van der Waals surface area contributed by atoms with Crippen molar-refractivity contribution in [2.24, 2.45) is 0 Å². The van der Waals surface area contributed by atoms with E-state index in [2.05, 4.69) is 10.6 Å². The summed E-state index contributed by atoms with van der Waals surface area (Å²) >= 11 is 0. The Morgan fingerprint density at radius 3 is 2.35 bits per heavy atom. The number of nitrogens with one attached hydrogen (secondary N) is 2. The van der Waals surface area contributed by atoms with Crippen molar-refractivity contribution >= 4 is 12.0 Å². The maximum Gasteiger partial charge on any atom is 0.326 e. The first-order valence-electron chi connectivity index (χ1n) is 6.49. The Hall–Kier alpha value is -2.11. The molecule has 0 aliphatic rings. The second kappa shape index (κ2) is 7.47. The summed E-state index contributed by atoms with van der Waals surface area (Å²) in [4.78, 5) is 22.7. The first-order valence-corrected chi connectivity index (χ1v) is 6.49. The lowest BCUT2D eigenvalue weighted by Gasteiger charge is -2.18. The molecule has 0 spiro atoms. The molecule has 0 aliphatic heterocycles. The molecule has 1 aromatic carbocycles. The minimum absolute atomic E-state index is 0.341. The molecule has 1 rings (SSSR count). The van der Waals surface area contributed by atoms with Gasteiger partial charge in [-0.3, -0.25) is 0 Å². The number of hydrogen-bond donors (Lipinski definition) is 3. The Balaban J connectivity index is 2.56. The molecule has 0 radical (unpaired) electrons. The van der Waals surface area contributed by atoms with Crippen molar-refractivity contribution in [2.75, 3.05) is 0 Å². The van der Waals surface area contributed by atoms with Gasteiger partial charge < -0.3 is 15.7 Å². The average Bonchev–Trinajstić information content (AvgIpc) is 2.38. The van der Waals surface area contributed by atoms with Gasteiger partial charge in [-0.05, 0) is 31.0 Å². The van der Waals surface area contributed by atoms with Crippen LogP contribution in [-0.2, 0) is 4.79 Å². The Bertz CT molecular complexity index is 462. The molecule has 6 heteroatoms. The van der Waals surface area contributed by atoms with Crippen LogP contribution in [0.5, 0.6) is 0 Å². The van der Waals surface area contributed by atoms with Crippen LogP contribution < -0.4 is 10.6 Å². The summed E-state index contributed by atoms with van der Waals surface area (Å²) in [5.74, 6) is -1.41. The minimum atomic E-state index is -1.06. The van der Waals surface area contributed by atoms with Crippen LogP contribution in [0.4, 0.5) is 9.18 Å². The van der Waals surface area contributed by atoms with Crippen LogP contribution in [0.1, 0.15) is 38.3 Å². The Morgan fingerprint density at radius 2 is 1.85 bits per heavy atom. The summed E-state index contributed by atoms with van der Waals surface area (Å²) < 4.78 is 12.8. The predicted octanol–water partition coefficient (Wildman–Crippen LogP) is 2.44. The summed E-state index contributed by atoms with van der Waals surface area (Å²) in [6.45, 7) is 3.58. The highest BCUT2D eigenvalue weighted by Crippen LogP contribution is 2.12. The van der Waals surface area contributed by atoms with Crippen molar-refractivity contribution in [1.82, 2.24) is 10.6 Å². The van der Waals surface area contributed by atoms with Crippen molar-refractivity contribution in [3.8, 4) is 0 Å². The molecule has 0 aromatic heterocycles. The Morgan fingerprint density at radius 1 is 1.25 bits per heavy atom. The van der Waals surface area contributed by atoms with Gasteiger partial charge in [0.2, 0.25) is 0 Å². The molecule has 2 amide bonds. The Kier molecular flexibility index (Phi) is 5.96. The third kappa shape index (κ3) is 4.87. The number of halogens is 1. The standard InChI is InChI=1S/C14H19FN2O3/c1-3-4-12(13(18)19)17-14(20)16-9(2)10-5-7-11(15)8-6-10/h5-9,12H,3-4H2,1-2H3,(H,18,19)(H2,16,17,20). The van der Waals surface area contributed by atoms with Crippen molar-refractivity contribution in [1.29, 1.82) is 0 Å². The van der Waals surface area contributed by atoms with E-state index in [-0.39, 0.29) is 11.9 Å². The van der Waals surface area contributed by atoms with E-state index in [1.807, 2.05) is 6.92 Å². The zero-order valence-corrected chi connectivity index (χ0v) is 11.5. The number of aliphatic carboxylic acids is 1. The topological polar surface area (TPSA) is 78.4 Å². The Labute approximate surface area is 117 Å². The number of amides is 2. The lowest BCUT2D eigenvalue weighted by Crippen LogP contribution is -2.46. The predicted molar refractivity (Wildman–Crippen MR) is 72.8 cm³/mol. The number of rotatable bonds is 6. The first-order chi connectivity index (χ1) is 9.43. The quantitative estimate of drug-likeness (QED) is 0.750. The van der Waals surface area contributed by atoms with Gasteiger partial charge in [-0.1, -0.05) is 25.5 Å². The van der Waals surface area contributed by atoms with Gasteiger partial charge in [0.1, 0.15) is 11.9 Å². The third-order valence-corrected chi connectivity index (χ3v) is 2.90. The molecule has 2 unspecified atom stereocenters. The maximum absolute atomic E-state index is 12.8. The normalized spacial score (nSPS) is 13.3. The summed E-state index contributed by atoms with van der Waals surface area (Å²) in [7, 11) is 0. The monoisotopic (exact) mass is 282 g/mol. The largest absolute Gasteiger partial charge is 0.480 e. The molecule has 0 aliphatic carbocycles. The number of carbonyl (C=O) groups excluding carboxylic acids is 1. The van der Waals surface area contributed by atoms with Crippen molar-refractivity contribution < 1.29 is 19.1 Å². The zero-order chi connectivity index (χ0) is 15.1. The van der Waals surface area contributed by atoms with Gasteiger partial charge >= 0.3 is 12.0 Å². The summed E-state index contributed by atoms with van der Waals surface area (Å²) in [6.07, 6.45) is 1.03. The number of carboxylic acid groups (broad SMARTS) is 1. The molecule has 0 saturated carbocycles. The zero-order valence-electron chi connectivity index (χ0n) is 11.5. The van der Waals surface area contributed by atoms with Crippen molar-refractivity contribution in [3.05, 3.63) is 35.6 Å². The van der Waals surface area contributed by atoms with Gasteiger partial charge in [0.15, 0.2) is 0 Å². The average molecular weight is 282 g/mol. The van der Waals surface area contributed by atoms with E-state index in [4.69, 9.17) is 5.11 Å². The third-order valence-electron chi connectivity index (χ3n) is 2.90. The molecule has 0 fully saturated rings. The van der Waals surface area contributed by atoms with Crippen LogP contribution >= 0.6 is 0 Å². The van der Waals surface area contributed by atoms with Crippen molar-refractivity contribution in [3.63, 3.8) is 0 Å². The van der Waals surface area contributed by atoms with Crippen LogP contribution in [-0.4, -0.2) is 23.1 Å². The van der Waals surface area contributed by atoms with Crippen LogP contribution in [0.25, 0.3) is 0 Å². The fourth-order valence-electron chi connectivity index (χ4n) is 1.78. The van der Waals surface area contributed by atoms with Crippen LogP contribution in [0.3, 0.4) is 0 Å². The van der Waals surface area contributed by atoms with Gasteiger partial charge in [-0.25, -0.2) is 14.0 Å². The second-order valence-electron chi connectivity index (χ2n) is 4.57. The smallest absolute Gasteiger partial charge is 0.326 e. The minimum Gasteiger partial charge on any atom is -0.480 e. The summed E-state index contributed by atoms with van der Waals surface area (Å²) in [5.41, 5.74) is 0.740. The highest BCUT2D eigenvalue weighted by molar-refractivity contribution is 5.82. The number of hydrogen-bond acceptors (Lipinski definition) is 2. The summed E-state index contributed by atoms with van der Waals surface area (Å²) in [5, 5.41) is 14.0. The molecular weight excluding hydrogens is 263 g/mol. The molecule has 1 aromatic rings. The maximum atomic E-state index is 12.8. The van der Waals surface area contributed by atoms with Gasteiger partial charge in [-0.15, -0.1) is 0 Å². The molecule has 20 heavy (non-hydrogen) atoms. The van der Waals surface area contributed by atoms with Gasteiger partial charge in [-0.2, -0.15) is 0 Å². The van der Waals surface area contributed by atoms with Gasteiger partial charge in [0.05, 0.1) is 6.04 Å². The molecule has 5 nitrogen and oxygen atoms in total. The van der Waals surface area contributed by atoms with E-state index >= 15 is 0 Å². The fraction of sp³-hybridized carbons (Fsp3) is 0.429. The van der Waals surface area contributed by atoms with Crippen LogP contribution in [0.15, 0.2) is 24.3 Å². The SMILES string of the molecule is CCCC(NC(=O)NC(C)c1ccc(F)cc1)C(=O)O. The van der Waals surface area contributed by atoms with E-state index in [0.717, 1.165) is 5.56 Å². The molecule has 0 bridgehead atoms. The van der Waals surface area contributed by atoms with Gasteiger partial charge in [0, 0.05) is 0 Å². The van der Waals surface area contributed by atoms with Gasteiger partial charge in [0.25, 0.3) is 0 Å². The molecule has 0 saturated heterocycles. The number of carboxylic acids is 1. The molecule has 3 N–H and O–H groups in total. The highest BCUT2D eigenvalue weighted by Gasteiger charge is 2.19. The van der Waals surface area contributed by atoms with E-state index in [1.54, 1.807) is 19.1 Å². The molecule has 2 atom stereocenters. The fourth-order valence-corrected chi connectivity index (χ4v) is 1.78. The highest BCUT2D eigenvalue weighted by atomic mass is 19.1. The molecule has 0 heterocycles. The van der Waals surface area contributed by atoms with Crippen LogP contribution in [0, 0.1) is 5.82 Å².